The third kappa shape index (κ3) is 2.45. The minimum atomic E-state index is 0.194. The van der Waals surface area contributed by atoms with Gasteiger partial charge in [-0.2, -0.15) is 0 Å². The van der Waals surface area contributed by atoms with Crippen molar-refractivity contribution in [3.8, 4) is 0 Å². The van der Waals surface area contributed by atoms with Crippen molar-refractivity contribution in [1.29, 1.82) is 0 Å². The number of likely N-dealkylation sites (tertiary alicyclic amines) is 1. The second-order valence-corrected chi connectivity index (χ2v) is 7.81. The maximum Gasteiger partial charge on any atom is 0.254 e. The van der Waals surface area contributed by atoms with Crippen LogP contribution in [0.25, 0.3) is 10.9 Å². The van der Waals surface area contributed by atoms with Crippen molar-refractivity contribution >= 4 is 16.8 Å². The van der Waals surface area contributed by atoms with Crippen LogP contribution in [0.15, 0.2) is 48.5 Å². The van der Waals surface area contributed by atoms with Crippen LogP contribution in [-0.4, -0.2) is 28.4 Å². The van der Waals surface area contributed by atoms with Gasteiger partial charge in [-0.05, 0) is 68.0 Å². The summed E-state index contributed by atoms with van der Waals surface area (Å²) < 4.78 is 0. The van der Waals surface area contributed by atoms with Crippen LogP contribution in [0.1, 0.15) is 52.4 Å². The second kappa shape index (κ2) is 6.01. The van der Waals surface area contributed by atoms with Crippen LogP contribution < -0.4 is 0 Å². The van der Waals surface area contributed by atoms with Gasteiger partial charge in [-0.15, -0.1) is 0 Å². The van der Waals surface area contributed by atoms with Crippen LogP contribution in [0.2, 0.25) is 0 Å². The lowest BCUT2D eigenvalue weighted by molar-refractivity contribution is 0.0547. The maximum absolute atomic E-state index is 13.3. The number of rotatable bonds is 1. The predicted molar refractivity (Wildman–Crippen MR) is 105 cm³/mol. The number of fused-ring (bicyclic) bond motifs is 4. The van der Waals surface area contributed by atoms with E-state index in [9.17, 15) is 4.79 Å². The van der Waals surface area contributed by atoms with Gasteiger partial charge in [-0.3, -0.25) is 4.79 Å². The molecular weight excluding hydrogens is 320 g/mol. The summed E-state index contributed by atoms with van der Waals surface area (Å²) in [6.45, 7) is 2.93. The normalized spacial score (nSPS) is 22.1. The molecule has 2 heterocycles. The largest absolute Gasteiger partial charge is 0.359 e. The Hall–Kier alpha value is -2.55. The Balaban J connectivity index is 1.48. The van der Waals surface area contributed by atoms with Gasteiger partial charge in [0, 0.05) is 40.7 Å². The van der Waals surface area contributed by atoms with Crippen LogP contribution in [0, 0.1) is 6.92 Å². The highest BCUT2D eigenvalue weighted by Gasteiger charge is 2.38. The molecule has 2 aromatic carbocycles. The van der Waals surface area contributed by atoms with Gasteiger partial charge in [0.15, 0.2) is 0 Å². The summed E-state index contributed by atoms with van der Waals surface area (Å²) in [4.78, 5) is 18.8. The number of H-pyrrole nitrogens is 1. The molecule has 1 aromatic heterocycles. The SMILES string of the molecule is Cc1cc2cc(C(=O)N3CCC[C@H]4c5ccccc5CC[C@H]43)ccc2[nH]1. The lowest BCUT2D eigenvalue weighted by atomic mass is 9.74. The molecule has 2 atom stereocenters. The summed E-state index contributed by atoms with van der Waals surface area (Å²) in [6.07, 6.45) is 4.45. The van der Waals surface area contributed by atoms with Crippen LogP contribution >= 0.6 is 0 Å². The van der Waals surface area contributed by atoms with Gasteiger partial charge in [0.25, 0.3) is 5.91 Å². The molecule has 0 unspecified atom stereocenters. The Morgan fingerprint density at radius 3 is 2.92 bits per heavy atom. The quantitative estimate of drug-likeness (QED) is 0.675. The summed E-state index contributed by atoms with van der Waals surface area (Å²) in [6, 6.07) is 17.3. The minimum Gasteiger partial charge on any atom is -0.359 e. The van der Waals surface area contributed by atoms with Gasteiger partial charge >= 0.3 is 0 Å². The topological polar surface area (TPSA) is 36.1 Å². The average molecular weight is 344 g/mol. The molecule has 1 N–H and O–H groups in total. The second-order valence-electron chi connectivity index (χ2n) is 7.81. The Kier molecular flexibility index (Phi) is 3.63. The zero-order valence-electron chi connectivity index (χ0n) is 15.2. The Morgan fingerprint density at radius 2 is 2.00 bits per heavy atom. The van der Waals surface area contributed by atoms with Crippen molar-refractivity contribution in [2.24, 2.45) is 0 Å². The molecule has 1 aliphatic carbocycles. The smallest absolute Gasteiger partial charge is 0.254 e. The Morgan fingerprint density at radius 1 is 1.12 bits per heavy atom. The van der Waals surface area contributed by atoms with Crippen molar-refractivity contribution < 1.29 is 4.79 Å². The maximum atomic E-state index is 13.3. The van der Waals surface area contributed by atoms with E-state index in [4.69, 9.17) is 0 Å². The molecule has 0 bridgehead atoms. The molecule has 0 saturated carbocycles. The number of nitrogens with zero attached hydrogens (tertiary/aromatic N) is 1. The highest BCUT2D eigenvalue weighted by atomic mass is 16.2. The summed E-state index contributed by atoms with van der Waals surface area (Å²) in [5.74, 6) is 0.690. The average Bonchev–Trinajstić information content (AvgIpc) is 3.06. The minimum absolute atomic E-state index is 0.194. The fourth-order valence-corrected chi connectivity index (χ4v) is 5.03. The van der Waals surface area contributed by atoms with E-state index in [1.165, 1.54) is 17.5 Å². The molecule has 1 saturated heterocycles. The number of hydrogen-bond donors (Lipinski definition) is 1. The molecule has 0 radical (unpaired) electrons. The molecule has 1 fully saturated rings. The Bertz CT molecular complexity index is 987. The van der Waals surface area contributed by atoms with Gasteiger partial charge in [0.2, 0.25) is 0 Å². The molecule has 1 aliphatic heterocycles. The Labute approximate surface area is 154 Å². The number of carbonyl (C=O) groups is 1. The van der Waals surface area contributed by atoms with Crippen molar-refractivity contribution in [2.45, 2.75) is 44.6 Å². The van der Waals surface area contributed by atoms with E-state index in [1.54, 1.807) is 0 Å². The molecule has 3 nitrogen and oxygen atoms in total. The lowest BCUT2D eigenvalue weighted by Crippen LogP contribution is -2.49. The van der Waals surface area contributed by atoms with E-state index < -0.39 is 0 Å². The van der Waals surface area contributed by atoms with Crippen molar-refractivity contribution in [3.05, 3.63) is 70.9 Å². The van der Waals surface area contributed by atoms with Crippen LogP contribution in [-0.2, 0) is 6.42 Å². The summed E-state index contributed by atoms with van der Waals surface area (Å²) >= 11 is 0. The van der Waals surface area contributed by atoms with Crippen molar-refractivity contribution in [2.75, 3.05) is 6.54 Å². The number of nitrogens with one attached hydrogen (secondary N) is 1. The van der Waals surface area contributed by atoms with E-state index in [-0.39, 0.29) is 5.91 Å². The first-order valence-corrected chi connectivity index (χ1v) is 9.69. The van der Waals surface area contributed by atoms with Crippen LogP contribution in [0.3, 0.4) is 0 Å². The molecule has 3 aromatic rings. The molecule has 3 heteroatoms. The monoisotopic (exact) mass is 344 g/mol. The first kappa shape index (κ1) is 15.7. The number of aryl methyl sites for hydroxylation is 2. The molecule has 5 rings (SSSR count). The molecule has 1 amide bonds. The van der Waals surface area contributed by atoms with E-state index in [0.29, 0.717) is 12.0 Å². The third-order valence-electron chi connectivity index (χ3n) is 6.21. The first-order chi connectivity index (χ1) is 12.7. The van der Waals surface area contributed by atoms with E-state index in [2.05, 4.69) is 47.1 Å². The first-order valence-electron chi connectivity index (χ1n) is 9.69. The number of amides is 1. The number of carbonyl (C=O) groups excluding carboxylic acids is 1. The van der Waals surface area contributed by atoms with Crippen molar-refractivity contribution in [1.82, 2.24) is 9.88 Å². The van der Waals surface area contributed by atoms with E-state index in [0.717, 1.165) is 48.0 Å². The molecular formula is C23H24N2O. The number of hydrogen-bond acceptors (Lipinski definition) is 1. The zero-order chi connectivity index (χ0) is 17.7. The number of aromatic amines is 1. The number of aromatic nitrogens is 1. The lowest BCUT2D eigenvalue weighted by Gasteiger charge is -2.45. The molecule has 132 valence electrons. The number of benzene rings is 2. The van der Waals surface area contributed by atoms with Gasteiger partial charge < -0.3 is 9.88 Å². The summed E-state index contributed by atoms with van der Waals surface area (Å²) in [5.41, 5.74) is 6.00. The number of piperidine rings is 1. The van der Waals surface area contributed by atoms with Crippen molar-refractivity contribution in [3.63, 3.8) is 0 Å². The molecule has 26 heavy (non-hydrogen) atoms. The summed E-state index contributed by atoms with van der Waals surface area (Å²) in [7, 11) is 0. The standard InChI is InChI=1S/C23H24N2O/c1-15-13-18-14-17(8-10-21(18)24-15)23(26)25-12-4-7-20-19-6-3-2-5-16(19)9-11-22(20)25/h2-3,5-6,8,10,13-14,20,22,24H,4,7,9,11-12H2,1H3/t20-,22+/m0/s1. The fraction of sp³-hybridized carbons (Fsp3) is 0.348. The van der Waals surface area contributed by atoms with Gasteiger partial charge in [-0.1, -0.05) is 24.3 Å². The van der Waals surface area contributed by atoms with E-state index >= 15 is 0 Å². The molecule has 2 aliphatic rings. The third-order valence-corrected chi connectivity index (χ3v) is 6.21. The highest BCUT2D eigenvalue weighted by molar-refractivity contribution is 5.98. The highest BCUT2D eigenvalue weighted by Crippen LogP contribution is 2.41. The van der Waals surface area contributed by atoms with Crippen LogP contribution in [0.4, 0.5) is 0 Å². The van der Waals surface area contributed by atoms with Gasteiger partial charge in [0.05, 0.1) is 0 Å². The van der Waals surface area contributed by atoms with E-state index in [1.807, 2.05) is 18.2 Å². The fourth-order valence-electron chi connectivity index (χ4n) is 5.03. The van der Waals surface area contributed by atoms with Gasteiger partial charge in [0.1, 0.15) is 0 Å². The summed E-state index contributed by atoms with van der Waals surface area (Å²) in [5, 5.41) is 1.12. The van der Waals surface area contributed by atoms with Gasteiger partial charge in [-0.25, -0.2) is 0 Å². The zero-order valence-corrected chi connectivity index (χ0v) is 15.2. The van der Waals surface area contributed by atoms with Crippen LogP contribution in [0.5, 0.6) is 0 Å². The predicted octanol–water partition coefficient (Wildman–Crippen LogP) is 4.81. The molecule has 0 spiro atoms.